The standard InChI is InChI=1S/C12H21NO2/c14-7-3-1-5-11-9-13-10-12(11)6-2-4-8-15/h9-10,13-15H,1-8H2. The van der Waals surface area contributed by atoms with Gasteiger partial charge in [0.05, 0.1) is 0 Å². The Kier molecular flexibility index (Phi) is 6.12. The Bertz CT molecular complexity index is 233. The van der Waals surface area contributed by atoms with Gasteiger partial charge in [0, 0.05) is 25.6 Å². The third-order valence-electron chi connectivity index (χ3n) is 2.64. The number of aromatic nitrogens is 1. The lowest BCUT2D eigenvalue weighted by molar-refractivity contribution is 0.283. The fourth-order valence-electron chi connectivity index (χ4n) is 1.75. The smallest absolute Gasteiger partial charge is 0.0431 e. The van der Waals surface area contributed by atoms with Crippen molar-refractivity contribution in [2.75, 3.05) is 13.2 Å². The Morgan fingerprint density at radius 1 is 0.800 bits per heavy atom. The quantitative estimate of drug-likeness (QED) is 0.573. The van der Waals surface area contributed by atoms with Crippen molar-refractivity contribution >= 4 is 0 Å². The molecule has 0 spiro atoms. The number of aryl methyl sites for hydroxylation is 2. The summed E-state index contributed by atoms with van der Waals surface area (Å²) in [5.41, 5.74) is 2.72. The minimum Gasteiger partial charge on any atom is -0.396 e. The van der Waals surface area contributed by atoms with Crippen LogP contribution in [0.15, 0.2) is 12.4 Å². The number of aliphatic hydroxyl groups is 2. The van der Waals surface area contributed by atoms with E-state index in [9.17, 15) is 0 Å². The van der Waals surface area contributed by atoms with E-state index in [-0.39, 0.29) is 13.2 Å². The molecule has 1 heterocycles. The molecule has 1 rings (SSSR count). The monoisotopic (exact) mass is 211 g/mol. The summed E-state index contributed by atoms with van der Waals surface area (Å²) in [6.07, 6.45) is 10.0. The third-order valence-corrected chi connectivity index (χ3v) is 2.64. The summed E-state index contributed by atoms with van der Waals surface area (Å²) in [4.78, 5) is 3.13. The van der Waals surface area contributed by atoms with Crippen LogP contribution in [0.1, 0.15) is 36.8 Å². The number of hydrogen-bond donors (Lipinski definition) is 3. The molecule has 3 nitrogen and oxygen atoms in total. The van der Waals surface area contributed by atoms with Gasteiger partial charge in [-0.3, -0.25) is 0 Å². The number of nitrogens with one attached hydrogen (secondary N) is 1. The minimum atomic E-state index is 0.282. The molecule has 3 heteroatoms. The molecular formula is C12H21NO2. The summed E-state index contributed by atoms with van der Waals surface area (Å²) < 4.78 is 0. The lowest BCUT2D eigenvalue weighted by Gasteiger charge is -2.02. The maximum Gasteiger partial charge on any atom is 0.0431 e. The second-order valence-electron chi connectivity index (χ2n) is 3.87. The SMILES string of the molecule is OCCCCc1c[nH]cc1CCCCO. The Morgan fingerprint density at radius 3 is 1.67 bits per heavy atom. The average Bonchev–Trinajstić information content (AvgIpc) is 2.67. The molecule has 0 atom stereocenters. The van der Waals surface area contributed by atoms with Crippen LogP contribution in [0.2, 0.25) is 0 Å². The summed E-state index contributed by atoms with van der Waals surface area (Å²) in [6, 6.07) is 0. The molecule has 0 radical (unpaired) electrons. The molecule has 1 aromatic heterocycles. The van der Waals surface area contributed by atoms with E-state index < -0.39 is 0 Å². The number of rotatable bonds is 8. The Labute approximate surface area is 91.1 Å². The van der Waals surface area contributed by atoms with Gasteiger partial charge in [0.2, 0.25) is 0 Å². The highest BCUT2D eigenvalue weighted by Crippen LogP contribution is 2.14. The second kappa shape index (κ2) is 7.49. The van der Waals surface area contributed by atoms with Crippen molar-refractivity contribution in [3.63, 3.8) is 0 Å². The molecule has 0 aliphatic heterocycles. The summed E-state index contributed by atoms with van der Waals surface area (Å²) in [6.45, 7) is 0.564. The molecule has 0 aromatic carbocycles. The van der Waals surface area contributed by atoms with Crippen molar-refractivity contribution in [1.29, 1.82) is 0 Å². The van der Waals surface area contributed by atoms with E-state index in [1.54, 1.807) is 0 Å². The lowest BCUT2D eigenvalue weighted by atomic mass is 10.0. The van der Waals surface area contributed by atoms with Gasteiger partial charge in [0.25, 0.3) is 0 Å². The van der Waals surface area contributed by atoms with Crippen LogP contribution in [0.25, 0.3) is 0 Å². The van der Waals surface area contributed by atoms with E-state index >= 15 is 0 Å². The van der Waals surface area contributed by atoms with Gasteiger partial charge in [0.15, 0.2) is 0 Å². The van der Waals surface area contributed by atoms with Gasteiger partial charge in [-0.05, 0) is 49.7 Å². The van der Waals surface area contributed by atoms with Crippen LogP contribution in [0.5, 0.6) is 0 Å². The molecular weight excluding hydrogens is 190 g/mol. The largest absolute Gasteiger partial charge is 0.396 e. The van der Waals surface area contributed by atoms with Crippen LogP contribution >= 0.6 is 0 Å². The number of hydrogen-bond acceptors (Lipinski definition) is 2. The molecule has 0 aliphatic rings. The van der Waals surface area contributed by atoms with Gasteiger partial charge in [-0.15, -0.1) is 0 Å². The molecule has 0 unspecified atom stereocenters. The van der Waals surface area contributed by atoms with Crippen molar-refractivity contribution in [2.45, 2.75) is 38.5 Å². The van der Waals surface area contributed by atoms with Crippen molar-refractivity contribution in [2.24, 2.45) is 0 Å². The summed E-state index contributed by atoms with van der Waals surface area (Å²) in [7, 11) is 0. The first-order chi connectivity index (χ1) is 7.38. The van der Waals surface area contributed by atoms with Crippen LogP contribution in [0.3, 0.4) is 0 Å². The zero-order valence-corrected chi connectivity index (χ0v) is 9.21. The first-order valence-corrected chi connectivity index (χ1v) is 5.74. The third kappa shape index (κ3) is 4.49. The fourth-order valence-corrected chi connectivity index (χ4v) is 1.75. The van der Waals surface area contributed by atoms with Gasteiger partial charge in [0.1, 0.15) is 0 Å². The highest BCUT2D eigenvalue weighted by molar-refractivity contribution is 5.23. The molecule has 3 N–H and O–H groups in total. The molecule has 15 heavy (non-hydrogen) atoms. The molecule has 86 valence electrons. The predicted octanol–water partition coefficient (Wildman–Crippen LogP) is 1.64. The Balaban J connectivity index is 2.32. The topological polar surface area (TPSA) is 56.2 Å². The van der Waals surface area contributed by atoms with Gasteiger partial charge < -0.3 is 15.2 Å². The van der Waals surface area contributed by atoms with Crippen LogP contribution in [-0.2, 0) is 12.8 Å². The maximum absolute atomic E-state index is 8.70. The molecule has 0 saturated carbocycles. The second-order valence-corrected chi connectivity index (χ2v) is 3.87. The summed E-state index contributed by atoms with van der Waals surface area (Å²) >= 11 is 0. The van der Waals surface area contributed by atoms with Crippen molar-refractivity contribution in [3.05, 3.63) is 23.5 Å². The van der Waals surface area contributed by atoms with E-state index in [4.69, 9.17) is 10.2 Å². The Hall–Kier alpha value is -0.800. The van der Waals surface area contributed by atoms with E-state index in [0.717, 1.165) is 38.5 Å². The molecule has 0 amide bonds. The van der Waals surface area contributed by atoms with E-state index in [1.807, 2.05) is 12.4 Å². The molecule has 0 bridgehead atoms. The number of aliphatic hydroxyl groups excluding tert-OH is 2. The van der Waals surface area contributed by atoms with Gasteiger partial charge in [-0.1, -0.05) is 0 Å². The highest BCUT2D eigenvalue weighted by Gasteiger charge is 2.02. The fraction of sp³-hybridized carbons (Fsp3) is 0.667. The molecule has 1 aromatic rings. The first-order valence-electron chi connectivity index (χ1n) is 5.74. The normalized spacial score (nSPS) is 10.8. The van der Waals surface area contributed by atoms with Crippen molar-refractivity contribution < 1.29 is 10.2 Å². The van der Waals surface area contributed by atoms with E-state index in [1.165, 1.54) is 11.1 Å². The first kappa shape index (κ1) is 12.3. The highest BCUT2D eigenvalue weighted by atomic mass is 16.3. The molecule has 0 aliphatic carbocycles. The average molecular weight is 211 g/mol. The lowest BCUT2D eigenvalue weighted by Crippen LogP contribution is -1.93. The zero-order chi connectivity index (χ0) is 10.9. The minimum absolute atomic E-state index is 0.282. The van der Waals surface area contributed by atoms with Crippen molar-refractivity contribution in [1.82, 2.24) is 4.98 Å². The number of aromatic amines is 1. The van der Waals surface area contributed by atoms with Gasteiger partial charge in [-0.2, -0.15) is 0 Å². The van der Waals surface area contributed by atoms with Crippen LogP contribution < -0.4 is 0 Å². The zero-order valence-electron chi connectivity index (χ0n) is 9.21. The Morgan fingerprint density at radius 2 is 1.27 bits per heavy atom. The number of H-pyrrole nitrogens is 1. The molecule has 0 fully saturated rings. The summed E-state index contributed by atoms with van der Waals surface area (Å²) in [5, 5.41) is 17.4. The maximum atomic E-state index is 8.70. The van der Waals surface area contributed by atoms with Crippen molar-refractivity contribution in [3.8, 4) is 0 Å². The van der Waals surface area contributed by atoms with Gasteiger partial charge >= 0.3 is 0 Å². The number of unbranched alkanes of at least 4 members (excludes halogenated alkanes) is 2. The predicted molar refractivity (Wildman–Crippen MR) is 60.8 cm³/mol. The van der Waals surface area contributed by atoms with Crippen LogP contribution in [-0.4, -0.2) is 28.4 Å². The molecule has 0 saturated heterocycles. The summed E-state index contributed by atoms with van der Waals surface area (Å²) in [5.74, 6) is 0. The van der Waals surface area contributed by atoms with Gasteiger partial charge in [-0.25, -0.2) is 0 Å². The van der Waals surface area contributed by atoms with E-state index in [0.29, 0.717) is 0 Å². The van der Waals surface area contributed by atoms with Crippen LogP contribution in [0.4, 0.5) is 0 Å². The van der Waals surface area contributed by atoms with Crippen LogP contribution in [0, 0.1) is 0 Å². The van der Waals surface area contributed by atoms with E-state index in [2.05, 4.69) is 4.98 Å².